The van der Waals surface area contributed by atoms with Crippen molar-refractivity contribution in [1.29, 1.82) is 0 Å². The van der Waals surface area contributed by atoms with Crippen LogP contribution in [-0.4, -0.2) is 44.5 Å². The highest BCUT2D eigenvalue weighted by atomic mass is 35.5. The number of nitrogens with zero attached hydrogens (tertiary/aromatic N) is 4. The Labute approximate surface area is 167 Å². The molecule has 9 heteroatoms. The van der Waals surface area contributed by atoms with Gasteiger partial charge < -0.3 is 10.7 Å². The zero-order chi connectivity index (χ0) is 18.8. The molecule has 1 fully saturated rings. The number of benzene rings is 1. The highest BCUT2D eigenvalue weighted by Gasteiger charge is 2.26. The number of halogens is 2. The van der Waals surface area contributed by atoms with Crippen LogP contribution in [0.25, 0.3) is 11.4 Å². The first-order chi connectivity index (χ1) is 12.3. The van der Waals surface area contributed by atoms with E-state index in [4.69, 9.17) is 29.0 Å². The maximum Gasteiger partial charge on any atom is 0.233 e. The quantitative estimate of drug-likeness (QED) is 0.612. The Balaban J connectivity index is 1.68. The van der Waals surface area contributed by atoms with Crippen molar-refractivity contribution < 1.29 is 4.79 Å². The second-order valence-electron chi connectivity index (χ2n) is 6.83. The topological polar surface area (TPSA) is 77.0 Å². The fraction of sp³-hybridized carbons (Fsp3) is 0.471. The molecule has 1 aliphatic rings. The molecule has 1 amide bonds. The van der Waals surface area contributed by atoms with Gasteiger partial charge >= 0.3 is 0 Å². The van der Waals surface area contributed by atoms with Crippen LogP contribution in [0.2, 0.25) is 10.0 Å². The zero-order valence-corrected chi connectivity index (χ0v) is 17.0. The molecule has 0 radical (unpaired) electrons. The number of likely N-dealkylation sites (tertiary alicyclic amines) is 1. The highest BCUT2D eigenvalue weighted by molar-refractivity contribution is 7.99. The van der Waals surface area contributed by atoms with Crippen LogP contribution in [0.1, 0.15) is 20.3 Å². The van der Waals surface area contributed by atoms with Crippen molar-refractivity contribution in [3.8, 4) is 11.4 Å². The lowest BCUT2D eigenvalue weighted by Gasteiger charge is -2.34. The molecule has 0 aliphatic carbocycles. The SMILES string of the molecule is C[C@@H]1C[C@@H](C)CN(C(=O)CSc2nnc(-c3ccc(Cl)cc3Cl)n2N)C1. The number of carbonyl (C=O) groups is 1. The van der Waals surface area contributed by atoms with Gasteiger partial charge in [-0.25, -0.2) is 4.68 Å². The van der Waals surface area contributed by atoms with Gasteiger partial charge in [-0.3, -0.25) is 4.79 Å². The standard InChI is InChI=1S/C17H21Cl2N5OS/c1-10-5-11(2)8-23(7-10)15(25)9-26-17-22-21-16(24(17)20)13-4-3-12(18)6-14(13)19/h3-4,6,10-11H,5,7-9,20H2,1-2H3/t10-,11-/m1/s1. The Bertz CT molecular complexity index is 802. The van der Waals surface area contributed by atoms with Crippen LogP contribution in [0, 0.1) is 11.8 Å². The first-order valence-electron chi connectivity index (χ1n) is 8.41. The molecule has 2 aromatic rings. The number of nitrogens with two attached hydrogens (primary N) is 1. The number of nitrogen functional groups attached to an aromatic ring is 1. The molecule has 0 saturated carbocycles. The van der Waals surface area contributed by atoms with E-state index in [-0.39, 0.29) is 11.7 Å². The van der Waals surface area contributed by atoms with E-state index in [0.717, 1.165) is 13.1 Å². The second kappa shape index (κ2) is 8.06. The summed E-state index contributed by atoms with van der Waals surface area (Å²) in [5, 5.41) is 9.65. The summed E-state index contributed by atoms with van der Waals surface area (Å²) in [6.07, 6.45) is 1.17. The van der Waals surface area contributed by atoms with E-state index in [2.05, 4.69) is 24.0 Å². The molecule has 1 aliphatic heterocycles. The van der Waals surface area contributed by atoms with Crippen molar-refractivity contribution in [1.82, 2.24) is 19.8 Å². The summed E-state index contributed by atoms with van der Waals surface area (Å²) in [5.41, 5.74) is 0.642. The van der Waals surface area contributed by atoms with Gasteiger partial charge in [0.05, 0.1) is 10.8 Å². The fourth-order valence-corrected chi connectivity index (χ4v) is 4.57. The molecule has 140 valence electrons. The summed E-state index contributed by atoms with van der Waals surface area (Å²) in [7, 11) is 0. The number of aromatic nitrogens is 3. The third-order valence-electron chi connectivity index (χ3n) is 4.38. The maximum atomic E-state index is 12.5. The van der Waals surface area contributed by atoms with E-state index in [1.807, 2.05) is 4.90 Å². The molecule has 1 aromatic heterocycles. The largest absolute Gasteiger partial charge is 0.341 e. The second-order valence-corrected chi connectivity index (χ2v) is 8.62. The van der Waals surface area contributed by atoms with Crippen molar-refractivity contribution >= 4 is 40.9 Å². The molecule has 0 bridgehead atoms. The average molecular weight is 414 g/mol. The summed E-state index contributed by atoms with van der Waals surface area (Å²) in [4.78, 5) is 14.4. The Kier molecular flexibility index (Phi) is 5.99. The lowest BCUT2D eigenvalue weighted by atomic mass is 9.92. The van der Waals surface area contributed by atoms with Crippen molar-refractivity contribution in [3.63, 3.8) is 0 Å². The predicted octanol–water partition coefficient (Wildman–Crippen LogP) is 3.56. The van der Waals surface area contributed by atoms with Gasteiger partial charge in [0.25, 0.3) is 0 Å². The summed E-state index contributed by atoms with van der Waals surface area (Å²) in [5.74, 6) is 7.98. The summed E-state index contributed by atoms with van der Waals surface area (Å²) < 4.78 is 1.36. The van der Waals surface area contributed by atoms with E-state index in [0.29, 0.717) is 38.4 Å². The van der Waals surface area contributed by atoms with Gasteiger partial charge in [-0.05, 0) is 36.5 Å². The summed E-state index contributed by atoms with van der Waals surface area (Å²) in [6, 6.07) is 5.09. The normalized spacial score (nSPS) is 20.4. The van der Waals surface area contributed by atoms with Gasteiger partial charge in [0.1, 0.15) is 0 Å². The maximum absolute atomic E-state index is 12.5. The van der Waals surface area contributed by atoms with Gasteiger partial charge in [-0.15, -0.1) is 10.2 Å². The number of amides is 1. The molecule has 2 N–H and O–H groups in total. The molecular formula is C17H21Cl2N5OS. The lowest BCUT2D eigenvalue weighted by Crippen LogP contribution is -2.43. The Morgan fingerprint density at radius 2 is 1.96 bits per heavy atom. The van der Waals surface area contributed by atoms with Crippen molar-refractivity contribution in [2.75, 3.05) is 24.7 Å². The minimum atomic E-state index is 0.0995. The number of hydrogen-bond acceptors (Lipinski definition) is 5. The molecule has 0 unspecified atom stereocenters. The smallest absolute Gasteiger partial charge is 0.233 e. The molecule has 26 heavy (non-hydrogen) atoms. The monoisotopic (exact) mass is 413 g/mol. The summed E-state index contributed by atoms with van der Waals surface area (Å²) >= 11 is 13.4. The van der Waals surface area contributed by atoms with Gasteiger partial charge in [0.15, 0.2) is 5.82 Å². The van der Waals surface area contributed by atoms with Crippen LogP contribution >= 0.6 is 35.0 Å². The minimum absolute atomic E-state index is 0.0995. The fourth-order valence-electron chi connectivity index (χ4n) is 3.31. The van der Waals surface area contributed by atoms with Crippen LogP contribution in [0.15, 0.2) is 23.4 Å². The third kappa shape index (κ3) is 4.27. The van der Waals surface area contributed by atoms with Gasteiger partial charge in [-0.1, -0.05) is 48.8 Å². The minimum Gasteiger partial charge on any atom is -0.341 e. The van der Waals surface area contributed by atoms with E-state index >= 15 is 0 Å². The van der Waals surface area contributed by atoms with Gasteiger partial charge in [0, 0.05) is 23.7 Å². The molecular weight excluding hydrogens is 393 g/mol. The van der Waals surface area contributed by atoms with Crippen molar-refractivity contribution in [2.45, 2.75) is 25.4 Å². The average Bonchev–Trinajstić information content (AvgIpc) is 2.92. The molecule has 6 nitrogen and oxygen atoms in total. The zero-order valence-electron chi connectivity index (χ0n) is 14.7. The van der Waals surface area contributed by atoms with Crippen LogP contribution in [0.5, 0.6) is 0 Å². The molecule has 1 aromatic carbocycles. The molecule has 3 rings (SSSR count). The van der Waals surface area contributed by atoms with Crippen molar-refractivity contribution in [3.05, 3.63) is 28.2 Å². The van der Waals surface area contributed by atoms with E-state index < -0.39 is 0 Å². The molecule has 0 spiro atoms. The predicted molar refractivity (Wildman–Crippen MR) is 106 cm³/mol. The van der Waals surface area contributed by atoms with Crippen molar-refractivity contribution in [2.24, 2.45) is 11.8 Å². The third-order valence-corrected chi connectivity index (χ3v) is 5.86. The number of thioether (sulfide) groups is 1. The van der Waals surface area contributed by atoms with Gasteiger partial charge in [-0.2, -0.15) is 0 Å². The number of piperidine rings is 1. The number of carbonyl (C=O) groups excluding carboxylic acids is 1. The van der Waals surface area contributed by atoms with E-state index in [9.17, 15) is 4.79 Å². The van der Waals surface area contributed by atoms with Crippen LogP contribution in [0.4, 0.5) is 0 Å². The molecule has 2 heterocycles. The molecule has 1 saturated heterocycles. The first kappa shape index (κ1) is 19.3. The highest BCUT2D eigenvalue weighted by Crippen LogP contribution is 2.30. The summed E-state index contributed by atoms with van der Waals surface area (Å²) in [6.45, 7) is 5.98. The Hall–Kier alpha value is -1.44. The van der Waals surface area contributed by atoms with Crippen LogP contribution in [-0.2, 0) is 4.79 Å². The van der Waals surface area contributed by atoms with Crippen LogP contribution < -0.4 is 5.84 Å². The Morgan fingerprint density at radius 3 is 2.62 bits per heavy atom. The van der Waals surface area contributed by atoms with Gasteiger partial charge in [0.2, 0.25) is 11.1 Å². The van der Waals surface area contributed by atoms with Crippen LogP contribution in [0.3, 0.4) is 0 Å². The number of hydrogen-bond donors (Lipinski definition) is 1. The van der Waals surface area contributed by atoms with E-state index in [1.54, 1.807) is 18.2 Å². The number of rotatable bonds is 4. The Morgan fingerprint density at radius 1 is 1.27 bits per heavy atom. The lowest BCUT2D eigenvalue weighted by molar-refractivity contribution is -0.130. The van der Waals surface area contributed by atoms with E-state index in [1.165, 1.54) is 22.9 Å². The molecule has 2 atom stereocenters. The first-order valence-corrected chi connectivity index (χ1v) is 10.2.